The third kappa shape index (κ3) is 5.65. The van der Waals surface area contributed by atoms with Gasteiger partial charge in [-0.1, -0.05) is 44.2 Å². The van der Waals surface area contributed by atoms with Gasteiger partial charge in [0.1, 0.15) is 0 Å². The van der Waals surface area contributed by atoms with Crippen molar-refractivity contribution in [2.75, 3.05) is 0 Å². The van der Waals surface area contributed by atoms with Gasteiger partial charge in [-0.05, 0) is 38.2 Å². The van der Waals surface area contributed by atoms with Crippen LogP contribution in [0.15, 0.2) is 30.3 Å². The van der Waals surface area contributed by atoms with Gasteiger partial charge in [-0.3, -0.25) is 0 Å². The standard InChI is InChI=1S/C16H26O2/c1-12(2)10-16(15-8-6-5-7-9-15)18-14(4)11-13(3)17/h5-9,12-14,16-17H,10-11H2,1-4H3/t13-,14-,16-/m1/s1. The maximum Gasteiger partial charge on any atom is 0.0831 e. The maximum atomic E-state index is 9.41. The first kappa shape index (κ1) is 15.2. The summed E-state index contributed by atoms with van der Waals surface area (Å²) in [5.41, 5.74) is 1.23. The molecule has 0 bridgehead atoms. The minimum atomic E-state index is -0.310. The van der Waals surface area contributed by atoms with Crippen LogP contribution in [-0.2, 0) is 4.74 Å². The van der Waals surface area contributed by atoms with E-state index in [0.29, 0.717) is 12.3 Å². The van der Waals surface area contributed by atoms with Gasteiger partial charge in [-0.2, -0.15) is 0 Å². The van der Waals surface area contributed by atoms with Crippen LogP contribution in [0.5, 0.6) is 0 Å². The van der Waals surface area contributed by atoms with E-state index in [1.165, 1.54) is 5.56 Å². The Morgan fingerprint density at radius 1 is 1.00 bits per heavy atom. The Labute approximate surface area is 111 Å². The number of aliphatic hydroxyl groups excluding tert-OH is 1. The maximum absolute atomic E-state index is 9.41. The molecule has 0 aliphatic carbocycles. The first-order valence-electron chi connectivity index (χ1n) is 6.87. The van der Waals surface area contributed by atoms with Crippen molar-refractivity contribution in [2.24, 2.45) is 5.92 Å². The molecule has 1 aromatic carbocycles. The molecule has 0 aliphatic heterocycles. The van der Waals surface area contributed by atoms with E-state index >= 15 is 0 Å². The molecule has 0 spiro atoms. The highest BCUT2D eigenvalue weighted by Crippen LogP contribution is 2.27. The van der Waals surface area contributed by atoms with E-state index in [2.05, 4.69) is 26.0 Å². The summed E-state index contributed by atoms with van der Waals surface area (Å²) in [7, 11) is 0. The zero-order valence-electron chi connectivity index (χ0n) is 12.0. The molecule has 1 aromatic rings. The zero-order valence-corrected chi connectivity index (χ0v) is 12.0. The van der Waals surface area contributed by atoms with Gasteiger partial charge in [-0.25, -0.2) is 0 Å². The number of hydrogen-bond donors (Lipinski definition) is 1. The van der Waals surface area contributed by atoms with Gasteiger partial charge in [0.05, 0.1) is 18.3 Å². The molecule has 0 radical (unpaired) electrons. The molecule has 1 rings (SSSR count). The largest absolute Gasteiger partial charge is 0.393 e. The number of benzene rings is 1. The van der Waals surface area contributed by atoms with Crippen molar-refractivity contribution in [3.63, 3.8) is 0 Å². The van der Waals surface area contributed by atoms with Gasteiger partial charge in [0, 0.05) is 0 Å². The Kier molecular flexibility index (Phi) is 6.37. The quantitative estimate of drug-likeness (QED) is 0.794. The summed E-state index contributed by atoms with van der Waals surface area (Å²) in [4.78, 5) is 0. The first-order valence-corrected chi connectivity index (χ1v) is 6.87. The number of ether oxygens (including phenoxy) is 1. The molecule has 3 atom stereocenters. The second-order valence-corrected chi connectivity index (χ2v) is 5.56. The van der Waals surface area contributed by atoms with Crippen LogP contribution in [0.25, 0.3) is 0 Å². The Morgan fingerprint density at radius 2 is 1.61 bits per heavy atom. The summed E-state index contributed by atoms with van der Waals surface area (Å²) in [6, 6.07) is 10.3. The highest BCUT2D eigenvalue weighted by Gasteiger charge is 2.17. The van der Waals surface area contributed by atoms with E-state index in [1.54, 1.807) is 6.92 Å². The van der Waals surface area contributed by atoms with E-state index in [9.17, 15) is 5.11 Å². The average Bonchev–Trinajstić information content (AvgIpc) is 2.27. The summed E-state index contributed by atoms with van der Waals surface area (Å²) >= 11 is 0. The van der Waals surface area contributed by atoms with Gasteiger partial charge in [0.15, 0.2) is 0 Å². The van der Waals surface area contributed by atoms with Gasteiger partial charge >= 0.3 is 0 Å². The SMILES string of the molecule is CC(C)C[C@@H](O[C@H](C)C[C@@H](C)O)c1ccccc1. The lowest BCUT2D eigenvalue weighted by Gasteiger charge is -2.25. The molecule has 0 fully saturated rings. The molecule has 0 aromatic heterocycles. The Morgan fingerprint density at radius 3 is 2.11 bits per heavy atom. The molecule has 2 heteroatoms. The first-order chi connectivity index (χ1) is 8.49. The minimum Gasteiger partial charge on any atom is -0.393 e. The predicted molar refractivity (Wildman–Crippen MR) is 75.5 cm³/mol. The van der Waals surface area contributed by atoms with Crippen LogP contribution < -0.4 is 0 Å². The topological polar surface area (TPSA) is 29.5 Å². The zero-order chi connectivity index (χ0) is 13.5. The van der Waals surface area contributed by atoms with Gasteiger partial charge in [0.2, 0.25) is 0 Å². The molecule has 0 unspecified atom stereocenters. The smallest absolute Gasteiger partial charge is 0.0831 e. The molecule has 1 N–H and O–H groups in total. The lowest BCUT2D eigenvalue weighted by molar-refractivity contribution is -0.0341. The fourth-order valence-corrected chi connectivity index (χ4v) is 2.18. The number of rotatable bonds is 7. The summed E-state index contributed by atoms with van der Waals surface area (Å²) in [5.74, 6) is 0.592. The molecule has 0 heterocycles. The molecule has 0 saturated carbocycles. The summed E-state index contributed by atoms with van der Waals surface area (Å²) < 4.78 is 6.10. The van der Waals surface area contributed by atoms with E-state index in [4.69, 9.17) is 4.74 Å². The third-order valence-electron chi connectivity index (χ3n) is 2.93. The van der Waals surface area contributed by atoms with E-state index in [-0.39, 0.29) is 18.3 Å². The van der Waals surface area contributed by atoms with Crippen molar-refractivity contribution >= 4 is 0 Å². The fraction of sp³-hybridized carbons (Fsp3) is 0.625. The molecule has 0 amide bonds. The van der Waals surface area contributed by atoms with Crippen LogP contribution in [0.3, 0.4) is 0 Å². The number of hydrogen-bond acceptors (Lipinski definition) is 2. The minimum absolute atomic E-state index is 0.0777. The Bertz CT molecular complexity index is 319. The highest BCUT2D eigenvalue weighted by molar-refractivity contribution is 5.17. The molecule has 0 aliphatic rings. The molecular weight excluding hydrogens is 224 g/mol. The normalized spacial score (nSPS) is 16.6. The van der Waals surface area contributed by atoms with Crippen LogP contribution in [-0.4, -0.2) is 17.3 Å². The van der Waals surface area contributed by atoms with E-state index in [1.807, 2.05) is 25.1 Å². The van der Waals surface area contributed by atoms with Crippen LogP contribution in [0.2, 0.25) is 0 Å². The lowest BCUT2D eigenvalue weighted by atomic mass is 9.99. The second-order valence-electron chi connectivity index (χ2n) is 5.56. The Balaban J connectivity index is 2.67. The van der Waals surface area contributed by atoms with Crippen LogP contribution in [0.1, 0.15) is 52.2 Å². The van der Waals surface area contributed by atoms with Crippen LogP contribution in [0.4, 0.5) is 0 Å². The van der Waals surface area contributed by atoms with E-state index in [0.717, 1.165) is 6.42 Å². The van der Waals surface area contributed by atoms with Crippen molar-refractivity contribution in [3.05, 3.63) is 35.9 Å². The monoisotopic (exact) mass is 250 g/mol. The molecular formula is C16H26O2. The molecule has 0 saturated heterocycles. The van der Waals surface area contributed by atoms with Gasteiger partial charge in [0.25, 0.3) is 0 Å². The van der Waals surface area contributed by atoms with E-state index < -0.39 is 0 Å². The lowest BCUT2D eigenvalue weighted by Crippen LogP contribution is -2.19. The molecule has 2 nitrogen and oxygen atoms in total. The highest BCUT2D eigenvalue weighted by atomic mass is 16.5. The molecule has 102 valence electrons. The third-order valence-corrected chi connectivity index (χ3v) is 2.93. The average molecular weight is 250 g/mol. The molecule has 18 heavy (non-hydrogen) atoms. The predicted octanol–water partition coefficient (Wildman–Crippen LogP) is 3.95. The van der Waals surface area contributed by atoms with Gasteiger partial charge < -0.3 is 9.84 Å². The Hall–Kier alpha value is -0.860. The van der Waals surface area contributed by atoms with Crippen molar-refractivity contribution in [1.82, 2.24) is 0 Å². The second kappa shape index (κ2) is 7.55. The van der Waals surface area contributed by atoms with Crippen molar-refractivity contribution < 1.29 is 9.84 Å². The van der Waals surface area contributed by atoms with Crippen molar-refractivity contribution in [3.8, 4) is 0 Å². The van der Waals surface area contributed by atoms with Crippen molar-refractivity contribution in [2.45, 2.75) is 58.8 Å². The summed E-state index contributed by atoms with van der Waals surface area (Å²) in [5, 5.41) is 9.41. The summed E-state index contributed by atoms with van der Waals surface area (Å²) in [6.45, 7) is 8.25. The van der Waals surface area contributed by atoms with Gasteiger partial charge in [-0.15, -0.1) is 0 Å². The van der Waals surface area contributed by atoms with Crippen molar-refractivity contribution in [1.29, 1.82) is 0 Å². The van der Waals surface area contributed by atoms with Crippen LogP contribution in [0, 0.1) is 5.92 Å². The fourth-order valence-electron chi connectivity index (χ4n) is 2.18. The van der Waals surface area contributed by atoms with Crippen LogP contribution >= 0.6 is 0 Å². The summed E-state index contributed by atoms with van der Waals surface area (Å²) in [6.07, 6.45) is 1.58. The number of aliphatic hydroxyl groups is 1.